The first-order valence-corrected chi connectivity index (χ1v) is 8.39. The molecule has 1 amide bonds. The zero-order chi connectivity index (χ0) is 20.5. The molecule has 0 bridgehead atoms. The van der Waals surface area contributed by atoms with Crippen molar-refractivity contribution in [3.63, 3.8) is 0 Å². The molecule has 0 aromatic heterocycles. The fourth-order valence-electron chi connectivity index (χ4n) is 2.47. The van der Waals surface area contributed by atoms with Gasteiger partial charge in [0.15, 0.2) is 29.6 Å². The molecule has 8 heteroatoms. The minimum atomic E-state index is -0.533. The van der Waals surface area contributed by atoms with Gasteiger partial charge in [0.2, 0.25) is 0 Å². The predicted octanol–water partition coefficient (Wildman–Crippen LogP) is 2.45. The van der Waals surface area contributed by atoms with E-state index in [1.165, 1.54) is 28.4 Å². The lowest BCUT2D eigenvalue weighted by molar-refractivity contribution is -0.146. The number of methoxy groups -OCH3 is 4. The van der Waals surface area contributed by atoms with Gasteiger partial charge in [-0.05, 0) is 29.8 Å². The van der Waals surface area contributed by atoms with Gasteiger partial charge in [-0.1, -0.05) is 6.07 Å². The standard InChI is InChI=1S/C20H23NO7/c1-24-15-7-5-13(9-17(15)26-3)10-20(23)28-12-19(22)21-14-6-8-16(25-2)18(11-14)27-4/h5-9,11H,10,12H2,1-4H3,(H,21,22). The van der Waals surface area contributed by atoms with Crippen molar-refractivity contribution < 1.29 is 33.3 Å². The molecule has 2 rings (SSSR count). The summed E-state index contributed by atoms with van der Waals surface area (Å²) in [5.41, 5.74) is 1.18. The van der Waals surface area contributed by atoms with E-state index in [-0.39, 0.29) is 6.42 Å². The minimum absolute atomic E-state index is 0.00396. The topological polar surface area (TPSA) is 92.3 Å². The fourth-order valence-corrected chi connectivity index (χ4v) is 2.47. The molecular weight excluding hydrogens is 366 g/mol. The fraction of sp³-hybridized carbons (Fsp3) is 0.300. The lowest BCUT2D eigenvalue weighted by Gasteiger charge is -2.11. The molecule has 0 aliphatic rings. The third-order valence-electron chi connectivity index (χ3n) is 3.83. The SMILES string of the molecule is COc1ccc(CC(=O)OCC(=O)Nc2ccc(OC)c(OC)c2)cc1OC. The Morgan fingerprint density at radius 2 is 1.36 bits per heavy atom. The summed E-state index contributed by atoms with van der Waals surface area (Å²) < 4.78 is 25.7. The van der Waals surface area contributed by atoms with E-state index in [2.05, 4.69) is 5.32 Å². The van der Waals surface area contributed by atoms with Crippen molar-refractivity contribution in [1.82, 2.24) is 0 Å². The second-order valence-electron chi connectivity index (χ2n) is 5.64. The molecule has 0 aliphatic heterocycles. The van der Waals surface area contributed by atoms with Crippen LogP contribution < -0.4 is 24.3 Å². The highest BCUT2D eigenvalue weighted by molar-refractivity contribution is 5.93. The zero-order valence-electron chi connectivity index (χ0n) is 16.2. The predicted molar refractivity (Wildman–Crippen MR) is 102 cm³/mol. The maximum absolute atomic E-state index is 12.0. The van der Waals surface area contributed by atoms with Crippen LogP contribution >= 0.6 is 0 Å². The van der Waals surface area contributed by atoms with Gasteiger partial charge in [-0.25, -0.2) is 0 Å². The molecular formula is C20H23NO7. The molecule has 1 N–H and O–H groups in total. The first-order chi connectivity index (χ1) is 13.5. The van der Waals surface area contributed by atoms with E-state index in [4.69, 9.17) is 23.7 Å². The number of anilines is 1. The Morgan fingerprint density at radius 3 is 1.96 bits per heavy atom. The molecule has 2 aromatic rings. The van der Waals surface area contributed by atoms with Crippen molar-refractivity contribution in [2.45, 2.75) is 6.42 Å². The summed E-state index contributed by atoms with van der Waals surface area (Å²) >= 11 is 0. The molecule has 0 saturated carbocycles. The highest BCUT2D eigenvalue weighted by Gasteiger charge is 2.12. The van der Waals surface area contributed by atoms with Crippen LogP contribution in [0.25, 0.3) is 0 Å². The number of amides is 1. The first kappa shape index (κ1) is 20.9. The summed E-state index contributed by atoms with van der Waals surface area (Å²) in [5.74, 6) is 1.10. The van der Waals surface area contributed by atoms with Crippen LogP contribution in [0, 0.1) is 0 Å². The number of hydrogen-bond acceptors (Lipinski definition) is 7. The summed E-state index contributed by atoms with van der Waals surface area (Å²) in [7, 11) is 6.06. The molecule has 0 spiro atoms. The van der Waals surface area contributed by atoms with Crippen LogP contribution in [0.3, 0.4) is 0 Å². The average Bonchev–Trinajstić information content (AvgIpc) is 2.72. The normalized spacial score (nSPS) is 10.0. The Balaban J connectivity index is 1.88. The number of benzene rings is 2. The van der Waals surface area contributed by atoms with Crippen LogP contribution in [0.1, 0.15) is 5.56 Å². The molecule has 0 aliphatic carbocycles. The van der Waals surface area contributed by atoms with Gasteiger partial charge in [-0.3, -0.25) is 9.59 Å². The van der Waals surface area contributed by atoms with E-state index in [9.17, 15) is 9.59 Å². The van der Waals surface area contributed by atoms with E-state index >= 15 is 0 Å². The number of rotatable bonds is 9. The van der Waals surface area contributed by atoms with Crippen LogP contribution in [0.15, 0.2) is 36.4 Å². The van der Waals surface area contributed by atoms with Gasteiger partial charge in [0, 0.05) is 11.8 Å². The van der Waals surface area contributed by atoms with Crippen molar-refractivity contribution >= 4 is 17.6 Å². The van der Waals surface area contributed by atoms with Crippen LogP contribution in [0.2, 0.25) is 0 Å². The summed E-state index contributed by atoms with van der Waals surface area (Å²) in [6.07, 6.45) is 0.00396. The first-order valence-electron chi connectivity index (χ1n) is 8.39. The van der Waals surface area contributed by atoms with Crippen molar-refractivity contribution in [3.8, 4) is 23.0 Å². The number of carbonyl (C=O) groups is 2. The number of esters is 1. The van der Waals surface area contributed by atoms with Gasteiger partial charge in [-0.2, -0.15) is 0 Å². The van der Waals surface area contributed by atoms with Gasteiger partial charge < -0.3 is 29.0 Å². The molecule has 2 aromatic carbocycles. The Morgan fingerprint density at radius 1 is 0.786 bits per heavy atom. The lowest BCUT2D eigenvalue weighted by Crippen LogP contribution is -2.21. The molecule has 0 atom stereocenters. The van der Waals surface area contributed by atoms with E-state index in [0.29, 0.717) is 34.2 Å². The molecule has 28 heavy (non-hydrogen) atoms. The second-order valence-corrected chi connectivity index (χ2v) is 5.64. The van der Waals surface area contributed by atoms with Crippen LogP contribution in [0.4, 0.5) is 5.69 Å². The number of ether oxygens (including phenoxy) is 5. The molecule has 0 unspecified atom stereocenters. The van der Waals surface area contributed by atoms with Crippen molar-refractivity contribution in [1.29, 1.82) is 0 Å². The molecule has 0 heterocycles. The third kappa shape index (κ3) is 5.54. The van der Waals surface area contributed by atoms with Gasteiger partial charge in [-0.15, -0.1) is 0 Å². The van der Waals surface area contributed by atoms with Crippen LogP contribution in [0.5, 0.6) is 23.0 Å². The molecule has 0 radical (unpaired) electrons. The smallest absolute Gasteiger partial charge is 0.310 e. The highest BCUT2D eigenvalue weighted by atomic mass is 16.5. The van der Waals surface area contributed by atoms with E-state index in [0.717, 1.165) is 0 Å². The summed E-state index contributed by atoms with van der Waals surface area (Å²) in [5, 5.41) is 2.63. The van der Waals surface area contributed by atoms with Gasteiger partial charge in [0.1, 0.15) is 0 Å². The maximum atomic E-state index is 12.0. The Labute approximate surface area is 163 Å². The second kappa shape index (κ2) is 10.1. The average molecular weight is 389 g/mol. The molecule has 0 fully saturated rings. The van der Waals surface area contributed by atoms with Crippen molar-refractivity contribution in [2.75, 3.05) is 40.4 Å². The van der Waals surface area contributed by atoms with Gasteiger partial charge in [0.25, 0.3) is 5.91 Å². The largest absolute Gasteiger partial charge is 0.493 e. The van der Waals surface area contributed by atoms with E-state index in [1.807, 2.05) is 0 Å². The number of nitrogens with one attached hydrogen (secondary N) is 1. The quantitative estimate of drug-likeness (QED) is 0.659. The van der Waals surface area contributed by atoms with E-state index < -0.39 is 18.5 Å². The van der Waals surface area contributed by atoms with Crippen molar-refractivity contribution in [2.24, 2.45) is 0 Å². The summed E-state index contributed by atoms with van der Waals surface area (Å²) in [6.45, 7) is -0.402. The van der Waals surface area contributed by atoms with Gasteiger partial charge in [0.05, 0.1) is 34.9 Å². The third-order valence-corrected chi connectivity index (χ3v) is 3.83. The number of hydrogen-bond donors (Lipinski definition) is 1. The molecule has 8 nitrogen and oxygen atoms in total. The molecule has 0 saturated heterocycles. The summed E-state index contributed by atoms with van der Waals surface area (Å²) in [6, 6.07) is 10.0. The molecule has 150 valence electrons. The zero-order valence-corrected chi connectivity index (χ0v) is 16.2. The van der Waals surface area contributed by atoms with Gasteiger partial charge >= 0.3 is 5.97 Å². The highest BCUT2D eigenvalue weighted by Crippen LogP contribution is 2.30. The Kier molecular flexibility index (Phi) is 7.50. The van der Waals surface area contributed by atoms with Crippen LogP contribution in [-0.4, -0.2) is 46.9 Å². The number of carbonyl (C=O) groups excluding carboxylic acids is 2. The monoisotopic (exact) mass is 389 g/mol. The lowest BCUT2D eigenvalue weighted by atomic mass is 10.1. The van der Waals surface area contributed by atoms with E-state index in [1.54, 1.807) is 36.4 Å². The van der Waals surface area contributed by atoms with Crippen molar-refractivity contribution in [3.05, 3.63) is 42.0 Å². The maximum Gasteiger partial charge on any atom is 0.310 e. The minimum Gasteiger partial charge on any atom is -0.493 e. The van der Waals surface area contributed by atoms with Crippen LogP contribution in [-0.2, 0) is 20.7 Å². The Hall–Kier alpha value is -3.42. The summed E-state index contributed by atoms with van der Waals surface area (Å²) in [4.78, 5) is 24.0. The Bertz CT molecular complexity index is 766.